The second-order valence-electron chi connectivity index (χ2n) is 10.3. The van der Waals surface area contributed by atoms with Crippen molar-refractivity contribution in [3.8, 4) is 0 Å². The standard InChI is InChI=1S/C22H36N4O2S/c1-20(2,3)17-7-9-18(10-8-17)29(27,28)26-15-11-22(12-16-26)19(23-13-14-24-22)25-21(4,5)6/h7-10,24H,11-16H2,1-6H3,(H,23,25). The highest BCUT2D eigenvalue weighted by atomic mass is 32.2. The Hall–Kier alpha value is -1.44. The van der Waals surface area contributed by atoms with Crippen LogP contribution in [0.1, 0.15) is 59.9 Å². The molecule has 6 nitrogen and oxygen atoms in total. The highest BCUT2D eigenvalue weighted by molar-refractivity contribution is 7.89. The van der Waals surface area contributed by atoms with Crippen molar-refractivity contribution in [2.75, 3.05) is 26.2 Å². The molecule has 0 aromatic heterocycles. The van der Waals surface area contributed by atoms with Crippen LogP contribution in [0.15, 0.2) is 34.2 Å². The molecule has 0 amide bonds. The molecule has 1 aromatic rings. The maximum atomic E-state index is 13.2. The molecule has 0 aliphatic carbocycles. The molecule has 0 unspecified atom stereocenters. The average Bonchev–Trinajstić information content (AvgIpc) is 2.63. The quantitative estimate of drug-likeness (QED) is 0.772. The third-order valence-electron chi connectivity index (χ3n) is 5.73. The fourth-order valence-electron chi connectivity index (χ4n) is 4.01. The molecule has 7 heteroatoms. The molecule has 1 aromatic carbocycles. The average molecular weight is 421 g/mol. The Kier molecular flexibility index (Phi) is 5.89. The molecule has 1 fully saturated rings. The van der Waals surface area contributed by atoms with E-state index in [0.29, 0.717) is 30.8 Å². The molecule has 2 heterocycles. The van der Waals surface area contributed by atoms with Crippen molar-refractivity contribution in [3.05, 3.63) is 29.8 Å². The van der Waals surface area contributed by atoms with Crippen LogP contribution in [0.4, 0.5) is 0 Å². The van der Waals surface area contributed by atoms with Crippen molar-refractivity contribution in [1.29, 1.82) is 0 Å². The lowest BCUT2D eigenvalue weighted by Gasteiger charge is -2.46. The molecule has 29 heavy (non-hydrogen) atoms. The fourth-order valence-corrected chi connectivity index (χ4v) is 5.45. The number of nitrogens with zero attached hydrogens (tertiary/aromatic N) is 2. The maximum Gasteiger partial charge on any atom is 0.243 e. The van der Waals surface area contributed by atoms with Crippen molar-refractivity contribution >= 4 is 15.9 Å². The van der Waals surface area contributed by atoms with Gasteiger partial charge in [-0.25, -0.2) is 8.42 Å². The zero-order chi connectivity index (χ0) is 21.5. The minimum absolute atomic E-state index is 0.00222. The van der Waals surface area contributed by atoms with Crippen molar-refractivity contribution in [2.24, 2.45) is 4.99 Å². The zero-order valence-corrected chi connectivity index (χ0v) is 19.5. The fraction of sp³-hybridized carbons (Fsp3) is 0.682. The molecular weight excluding hydrogens is 384 g/mol. The van der Waals surface area contributed by atoms with E-state index in [2.05, 4.69) is 52.2 Å². The van der Waals surface area contributed by atoms with Gasteiger partial charge in [0.25, 0.3) is 0 Å². The van der Waals surface area contributed by atoms with Crippen LogP contribution in [-0.4, -0.2) is 55.8 Å². The molecule has 1 saturated heterocycles. The molecule has 3 rings (SSSR count). The molecule has 0 atom stereocenters. The molecule has 1 spiro atoms. The van der Waals surface area contributed by atoms with Gasteiger partial charge in [0.1, 0.15) is 5.84 Å². The molecule has 2 N–H and O–H groups in total. The number of hydrogen-bond acceptors (Lipinski definition) is 5. The smallest absolute Gasteiger partial charge is 0.243 e. The van der Waals surface area contributed by atoms with E-state index >= 15 is 0 Å². The van der Waals surface area contributed by atoms with Gasteiger partial charge in [0.15, 0.2) is 0 Å². The highest BCUT2D eigenvalue weighted by Gasteiger charge is 2.43. The lowest BCUT2D eigenvalue weighted by molar-refractivity contribution is 0.238. The summed E-state index contributed by atoms with van der Waals surface area (Å²) in [6, 6.07) is 7.35. The molecular formula is C22H36N4O2S. The van der Waals surface area contributed by atoms with Gasteiger partial charge in [-0.3, -0.25) is 4.99 Å². The summed E-state index contributed by atoms with van der Waals surface area (Å²) >= 11 is 0. The first-order valence-corrected chi connectivity index (χ1v) is 12.0. The summed E-state index contributed by atoms with van der Waals surface area (Å²) in [4.78, 5) is 5.12. The van der Waals surface area contributed by atoms with Crippen LogP contribution in [0.3, 0.4) is 0 Å². The van der Waals surface area contributed by atoms with Crippen LogP contribution in [0.2, 0.25) is 0 Å². The van der Waals surface area contributed by atoms with E-state index in [9.17, 15) is 8.42 Å². The predicted molar refractivity (Wildman–Crippen MR) is 119 cm³/mol. The van der Waals surface area contributed by atoms with Crippen LogP contribution in [-0.2, 0) is 15.4 Å². The van der Waals surface area contributed by atoms with Gasteiger partial charge >= 0.3 is 0 Å². The van der Waals surface area contributed by atoms with Gasteiger partial charge in [-0.15, -0.1) is 0 Å². The number of amidine groups is 1. The molecule has 2 aliphatic heterocycles. The van der Waals surface area contributed by atoms with E-state index < -0.39 is 10.0 Å². The normalized spacial score (nSPS) is 21.1. The lowest BCUT2D eigenvalue weighted by Crippen LogP contribution is -2.66. The molecule has 0 bridgehead atoms. The number of piperidine rings is 1. The Balaban J connectivity index is 1.75. The van der Waals surface area contributed by atoms with Crippen molar-refractivity contribution < 1.29 is 8.42 Å². The van der Waals surface area contributed by atoms with E-state index in [1.54, 1.807) is 16.4 Å². The topological polar surface area (TPSA) is 73.8 Å². The van der Waals surface area contributed by atoms with Gasteiger partial charge in [0.05, 0.1) is 17.0 Å². The lowest BCUT2D eigenvalue weighted by atomic mass is 9.85. The number of nitrogens with one attached hydrogen (secondary N) is 2. The van der Waals surface area contributed by atoms with E-state index in [1.165, 1.54) is 0 Å². The van der Waals surface area contributed by atoms with Gasteiger partial charge in [0.2, 0.25) is 10.0 Å². The second kappa shape index (κ2) is 7.67. The third-order valence-corrected chi connectivity index (χ3v) is 7.64. The Morgan fingerprint density at radius 2 is 1.62 bits per heavy atom. The van der Waals surface area contributed by atoms with Crippen molar-refractivity contribution in [1.82, 2.24) is 14.9 Å². The van der Waals surface area contributed by atoms with Gasteiger partial charge < -0.3 is 10.6 Å². The van der Waals surface area contributed by atoms with E-state index in [1.807, 2.05) is 12.1 Å². The summed E-state index contributed by atoms with van der Waals surface area (Å²) < 4.78 is 28.0. The zero-order valence-electron chi connectivity index (χ0n) is 18.7. The Bertz CT molecular complexity index is 854. The Morgan fingerprint density at radius 3 is 2.14 bits per heavy atom. The van der Waals surface area contributed by atoms with Crippen LogP contribution in [0.5, 0.6) is 0 Å². The Labute approximate surface area is 176 Å². The highest BCUT2D eigenvalue weighted by Crippen LogP contribution is 2.30. The van der Waals surface area contributed by atoms with Crippen LogP contribution in [0.25, 0.3) is 0 Å². The summed E-state index contributed by atoms with van der Waals surface area (Å²) in [5.41, 5.74) is 0.799. The Morgan fingerprint density at radius 1 is 1.03 bits per heavy atom. The SMILES string of the molecule is CC(C)(C)NC1=NCCNC12CCN(S(=O)(=O)c1ccc(C(C)(C)C)cc1)CC2. The van der Waals surface area contributed by atoms with E-state index in [-0.39, 0.29) is 16.5 Å². The van der Waals surface area contributed by atoms with Gasteiger partial charge in [-0.1, -0.05) is 32.9 Å². The van der Waals surface area contributed by atoms with Crippen LogP contribution >= 0.6 is 0 Å². The monoisotopic (exact) mass is 420 g/mol. The van der Waals surface area contributed by atoms with Gasteiger partial charge in [0, 0.05) is 25.2 Å². The van der Waals surface area contributed by atoms with Gasteiger partial charge in [-0.2, -0.15) is 4.31 Å². The minimum atomic E-state index is -3.49. The number of rotatable bonds is 2. The predicted octanol–water partition coefficient (Wildman–Crippen LogP) is 2.90. The second-order valence-corrected chi connectivity index (χ2v) is 12.2. The first-order valence-electron chi connectivity index (χ1n) is 10.5. The number of aliphatic imine (C=N–C) groups is 1. The third kappa shape index (κ3) is 4.84. The minimum Gasteiger partial charge on any atom is -0.368 e. The summed E-state index contributed by atoms with van der Waals surface area (Å²) in [5.74, 6) is 0.975. The van der Waals surface area contributed by atoms with Gasteiger partial charge in [-0.05, 0) is 56.7 Å². The van der Waals surface area contributed by atoms with Crippen molar-refractivity contribution in [2.45, 2.75) is 75.8 Å². The molecule has 0 saturated carbocycles. The van der Waals surface area contributed by atoms with E-state index in [4.69, 9.17) is 4.99 Å². The number of benzene rings is 1. The summed E-state index contributed by atoms with van der Waals surface area (Å²) in [7, 11) is -3.49. The first-order chi connectivity index (χ1) is 13.3. The largest absolute Gasteiger partial charge is 0.368 e. The molecule has 0 radical (unpaired) electrons. The summed E-state index contributed by atoms with van der Waals surface area (Å²) in [6.07, 6.45) is 1.43. The summed E-state index contributed by atoms with van der Waals surface area (Å²) in [6.45, 7) is 15.3. The summed E-state index contributed by atoms with van der Waals surface area (Å²) in [5, 5.41) is 7.17. The molecule has 162 valence electrons. The van der Waals surface area contributed by atoms with Crippen molar-refractivity contribution in [3.63, 3.8) is 0 Å². The maximum absolute atomic E-state index is 13.2. The first kappa shape index (κ1) is 22.2. The molecule has 2 aliphatic rings. The van der Waals surface area contributed by atoms with Crippen LogP contribution in [0, 0.1) is 0 Å². The number of hydrogen-bond donors (Lipinski definition) is 2. The van der Waals surface area contributed by atoms with E-state index in [0.717, 1.165) is 24.5 Å². The number of sulfonamides is 1. The van der Waals surface area contributed by atoms with Crippen LogP contribution < -0.4 is 10.6 Å².